The number of halogens is 1. The molecule has 5 nitrogen and oxygen atoms in total. The molecule has 2 atom stereocenters. The maximum atomic E-state index is 12.2. The second-order valence-electron chi connectivity index (χ2n) is 5.90. The lowest BCUT2D eigenvalue weighted by molar-refractivity contribution is -0.155. The molecule has 2 aromatic rings. The SMILES string of the molecule is CC[C@H](C)OC(=O)[C@H](C)Oc1ccc(C(=O)Nc2ccc(Cl)cc2)cc1. The van der Waals surface area contributed by atoms with Gasteiger partial charge in [0.05, 0.1) is 6.10 Å². The number of rotatable bonds is 7. The summed E-state index contributed by atoms with van der Waals surface area (Å²) in [6.45, 7) is 5.40. The van der Waals surface area contributed by atoms with E-state index in [9.17, 15) is 9.59 Å². The molecule has 0 aliphatic heterocycles. The maximum absolute atomic E-state index is 12.2. The maximum Gasteiger partial charge on any atom is 0.347 e. The van der Waals surface area contributed by atoms with Crippen molar-refractivity contribution >= 4 is 29.2 Å². The van der Waals surface area contributed by atoms with Crippen LogP contribution in [0.25, 0.3) is 0 Å². The number of anilines is 1. The Hall–Kier alpha value is -2.53. The molecule has 0 fully saturated rings. The van der Waals surface area contributed by atoms with Crippen molar-refractivity contribution in [3.63, 3.8) is 0 Å². The number of ether oxygens (including phenoxy) is 2. The van der Waals surface area contributed by atoms with Crippen LogP contribution in [0.2, 0.25) is 5.02 Å². The van der Waals surface area contributed by atoms with Gasteiger partial charge in [-0.3, -0.25) is 4.79 Å². The summed E-state index contributed by atoms with van der Waals surface area (Å²) in [5.41, 5.74) is 1.13. The Bertz CT molecular complexity index is 743. The van der Waals surface area contributed by atoms with Gasteiger partial charge in [-0.1, -0.05) is 18.5 Å². The molecule has 0 saturated heterocycles. The molecule has 0 saturated carbocycles. The fraction of sp³-hybridized carbons (Fsp3) is 0.300. The molecular weight excluding hydrogens is 354 g/mol. The first-order valence-corrected chi connectivity index (χ1v) is 8.81. The molecule has 0 spiro atoms. The summed E-state index contributed by atoms with van der Waals surface area (Å²) in [4.78, 5) is 24.1. The quantitative estimate of drug-likeness (QED) is 0.712. The molecule has 2 rings (SSSR count). The highest BCUT2D eigenvalue weighted by Crippen LogP contribution is 2.17. The summed E-state index contributed by atoms with van der Waals surface area (Å²) in [5.74, 6) is -0.173. The smallest absolute Gasteiger partial charge is 0.347 e. The van der Waals surface area contributed by atoms with Crippen molar-refractivity contribution in [2.75, 3.05) is 5.32 Å². The zero-order valence-corrected chi connectivity index (χ0v) is 15.7. The summed E-state index contributed by atoms with van der Waals surface area (Å²) in [6, 6.07) is 13.4. The Labute approximate surface area is 158 Å². The molecule has 138 valence electrons. The third-order valence-electron chi connectivity index (χ3n) is 3.76. The average Bonchev–Trinajstić information content (AvgIpc) is 2.63. The summed E-state index contributed by atoms with van der Waals surface area (Å²) >= 11 is 5.82. The summed E-state index contributed by atoms with van der Waals surface area (Å²) < 4.78 is 10.8. The van der Waals surface area contributed by atoms with Crippen LogP contribution in [-0.4, -0.2) is 24.1 Å². The second kappa shape index (κ2) is 9.25. The molecule has 0 radical (unpaired) electrons. The Balaban J connectivity index is 1.93. The van der Waals surface area contributed by atoms with E-state index in [2.05, 4.69) is 5.32 Å². The van der Waals surface area contributed by atoms with Crippen molar-refractivity contribution in [1.29, 1.82) is 0 Å². The Kier molecular flexibility index (Phi) is 7.04. The number of esters is 1. The van der Waals surface area contributed by atoms with Crippen LogP contribution in [0, 0.1) is 0 Å². The van der Waals surface area contributed by atoms with Crippen LogP contribution in [0.1, 0.15) is 37.6 Å². The van der Waals surface area contributed by atoms with Crippen molar-refractivity contribution in [3.8, 4) is 5.75 Å². The number of carbonyl (C=O) groups excluding carboxylic acids is 2. The highest BCUT2D eigenvalue weighted by atomic mass is 35.5. The molecule has 0 bridgehead atoms. The lowest BCUT2D eigenvalue weighted by Gasteiger charge is -2.17. The van der Waals surface area contributed by atoms with Crippen molar-refractivity contribution in [3.05, 3.63) is 59.1 Å². The van der Waals surface area contributed by atoms with Crippen LogP contribution >= 0.6 is 11.6 Å². The first-order chi connectivity index (χ1) is 12.4. The number of hydrogen-bond acceptors (Lipinski definition) is 4. The normalized spacial score (nSPS) is 12.8. The van der Waals surface area contributed by atoms with Gasteiger partial charge < -0.3 is 14.8 Å². The van der Waals surface area contributed by atoms with Crippen molar-refractivity contribution < 1.29 is 19.1 Å². The van der Waals surface area contributed by atoms with Crippen LogP contribution in [0.15, 0.2) is 48.5 Å². The van der Waals surface area contributed by atoms with E-state index in [1.165, 1.54) is 0 Å². The van der Waals surface area contributed by atoms with Crippen LogP contribution in [0.5, 0.6) is 5.75 Å². The van der Waals surface area contributed by atoms with Gasteiger partial charge in [0, 0.05) is 16.3 Å². The van der Waals surface area contributed by atoms with Gasteiger partial charge in [0.25, 0.3) is 5.91 Å². The Morgan fingerprint density at radius 1 is 1.04 bits per heavy atom. The standard InChI is InChI=1S/C20H22ClNO4/c1-4-13(2)25-20(24)14(3)26-18-11-5-15(6-12-18)19(23)22-17-9-7-16(21)8-10-17/h5-14H,4H2,1-3H3,(H,22,23)/t13-,14-/m0/s1. The van der Waals surface area contributed by atoms with Gasteiger partial charge in [0.15, 0.2) is 6.10 Å². The summed E-state index contributed by atoms with van der Waals surface area (Å²) in [6.07, 6.45) is -0.124. The zero-order chi connectivity index (χ0) is 19.1. The van der Waals surface area contributed by atoms with E-state index >= 15 is 0 Å². The average molecular weight is 376 g/mol. The number of nitrogens with one attached hydrogen (secondary N) is 1. The van der Waals surface area contributed by atoms with E-state index < -0.39 is 12.1 Å². The molecule has 2 aromatic carbocycles. The molecule has 26 heavy (non-hydrogen) atoms. The van der Waals surface area contributed by atoms with Gasteiger partial charge >= 0.3 is 5.97 Å². The predicted octanol–water partition coefficient (Wildman–Crippen LogP) is 4.70. The number of carbonyl (C=O) groups is 2. The predicted molar refractivity (Wildman–Crippen MR) is 102 cm³/mol. The van der Waals surface area contributed by atoms with Crippen LogP contribution in [0.3, 0.4) is 0 Å². The van der Waals surface area contributed by atoms with E-state index in [-0.39, 0.29) is 12.0 Å². The largest absolute Gasteiger partial charge is 0.479 e. The third kappa shape index (κ3) is 5.77. The van der Waals surface area contributed by atoms with Gasteiger partial charge in [-0.05, 0) is 68.8 Å². The molecule has 0 aliphatic carbocycles. The van der Waals surface area contributed by atoms with Crippen LogP contribution in [0.4, 0.5) is 5.69 Å². The topological polar surface area (TPSA) is 64.6 Å². The Morgan fingerprint density at radius 2 is 1.65 bits per heavy atom. The van der Waals surface area contributed by atoms with E-state index in [0.29, 0.717) is 22.0 Å². The first kappa shape index (κ1) is 19.8. The lowest BCUT2D eigenvalue weighted by Crippen LogP contribution is -2.29. The van der Waals surface area contributed by atoms with Gasteiger partial charge in [-0.25, -0.2) is 4.79 Å². The molecule has 0 heterocycles. The van der Waals surface area contributed by atoms with Crippen molar-refractivity contribution in [1.82, 2.24) is 0 Å². The second-order valence-corrected chi connectivity index (χ2v) is 6.34. The minimum atomic E-state index is -0.724. The monoisotopic (exact) mass is 375 g/mol. The molecule has 0 aromatic heterocycles. The van der Waals surface area contributed by atoms with Gasteiger partial charge in [-0.2, -0.15) is 0 Å². The van der Waals surface area contributed by atoms with Gasteiger partial charge in [-0.15, -0.1) is 0 Å². The number of hydrogen-bond donors (Lipinski definition) is 1. The third-order valence-corrected chi connectivity index (χ3v) is 4.01. The zero-order valence-electron chi connectivity index (χ0n) is 15.0. The number of amides is 1. The molecular formula is C20H22ClNO4. The van der Waals surface area contributed by atoms with Crippen molar-refractivity contribution in [2.24, 2.45) is 0 Å². The molecule has 0 unspecified atom stereocenters. The molecule has 6 heteroatoms. The first-order valence-electron chi connectivity index (χ1n) is 8.43. The molecule has 1 N–H and O–H groups in total. The van der Waals surface area contributed by atoms with Crippen LogP contribution < -0.4 is 10.1 Å². The van der Waals surface area contributed by atoms with Gasteiger partial charge in [0.2, 0.25) is 0 Å². The van der Waals surface area contributed by atoms with E-state index in [0.717, 1.165) is 6.42 Å². The van der Waals surface area contributed by atoms with E-state index in [4.69, 9.17) is 21.1 Å². The number of benzene rings is 2. The molecule has 1 amide bonds. The van der Waals surface area contributed by atoms with E-state index in [1.54, 1.807) is 55.5 Å². The fourth-order valence-corrected chi connectivity index (χ4v) is 2.18. The van der Waals surface area contributed by atoms with E-state index in [1.807, 2.05) is 13.8 Å². The van der Waals surface area contributed by atoms with Gasteiger partial charge in [0.1, 0.15) is 5.75 Å². The molecule has 0 aliphatic rings. The fourth-order valence-electron chi connectivity index (χ4n) is 2.05. The highest BCUT2D eigenvalue weighted by Gasteiger charge is 2.18. The lowest BCUT2D eigenvalue weighted by atomic mass is 10.2. The Morgan fingerprint density at radius 3 is 2.23 bits per heavy atom. The highest BCUT2D eigenvalue weighted by molar-refractivity contribution is 6.30. The van der Waals surface area contributed by atoms with Crippen LogP contribution in [-0.2, 0) is 9.53 Å². The minimum absolute atomic E-state index is 0.146. The van der Waals surface area contributed by atoms with Crippen molar-refractivity contribution in [2.45, 2.75) is 39.4 Å². The summed E-state index contributed by atoms with van der Waals surface area (Å²) in [5, 5.41) is 3.38. The minimum Gasteiger partial charge on any atom is -0.479 e. The summed E-state index contributed by atoms with van der Waals surface area (Å²) in [7, 11) is 0.